The van der Waals surface area contributed by atoms with Crippen LogP contribution in [0.15, 0.2) is 0 Å². The number of carbonyl (C=O) groups is 2. The highest BCUT2D eigenvalue weighted by Crippen LogP contribution is 2.11. The van der Waals surface area contributed by atoms with Crippen molar-refractivity contribution >= 4 is 11.9 Å². The van der Waals surface area contributed by atoms with Gasteiger partial charge < -0.3 is 20.0 Å². The summed E-state index contributed by atoms with van der Waals surface area (Å²) in [5.41, 5.74) is 0. The number of likely N-dealkylation sites (N-methyl/N-ethyl adjacent to an activating group) is 1. The van der Waals surface area contributed by atoms with Gasteiger partial charge in [0.1, 0.15) is 0 Å². The van der Waals surface area contributed by atoms with Gasteiger partial charge in [0.15, 0.2) is 0 Å². The highest BCUT2D eigenvalue weighted by atomic mass is 16.2. The van der Waals surface area contributed by atoms with Crippen LogP contribution >= 0.6 is 0 Å². The first kappa shape index (κ1) is 14.1. The number of likely N-dealkylation sites (tertiary alicyclic amines) is 1. The molecule has 6 heteroatoms. The average Bonchev–Trinajstić information content (AvgIpc) is 2.87. The van der Waals surface area contributed by atoms with E-state index in [4.69, 9.17) is 0 Å². The molecule has 3 amide bonds. The monoisotopic (exact) mass is 268 g/mol. The number of nitrogens with zero attached hydrogens (tertiary/aromatic N) is 3. The number of amides is 3. The fraction of sp³-hybridized carbons (Fsp3) is 0.846. The second-order valence-electron chi connectivity index (χ2n) is 5.42. The van der Waals surface area contributed by atoms with Crippen LogP contribution in [0.3, 0.4) is 0 Å². The van der Waals surface area contributed by atoms with E-state index in [0.717, 1.165) is 39.1 Å². The summed E-state index contributed by atoms with van der Waals surface area (Å²) < 4.78 is 0. The molecule has 2 aliphatic heterocycles. The zero-order valence-corrected chi connectivity index (χ0v) is 11.9. The van der Waals surface area contributed by atoms with Crippen molar-refractivity contribution in [2.45, 2.75) is 25.8 Å². The van der Waals surface area contributed by atoms with Crippen molar-refractivity contribution in [3.8, 4) is 0 Å². The molecule has 2 saturated heterocycles. The number of nitrogens with one attached hydrogen (secondary N) is 1. The van der Waals surface area contributed by atoms with Crippen molar-refractivity contribution in [3.63, 3.8) is 0 Å². The van der Waals surface area contributed by atoms with Gasteiger partial charge in [-0.2, -0.15) is 0 Å². The van der Waals surface area contributed by atoms with Gasteiger partial charge >= 0.3 is 6.03 Å². The van der Waals surface area contributed by atoms with Crippen molar-refractivity contribution in [2.24, 2.45) is 0 Å². The molecule has 19 heavy (non-hydrogen) atoms. The molecule has 2 fully saturated rings. The predicted octanol–water partition coefficient (Wildman–Crippen LogP) is -0.0457. The quantitative estimate of drug-likeness (QED) is 0.764. The van der Waals surface area contributed by atoms with E-state index in [2.05, 4.69) is 17.3 Å². The van der Waals surface area contributed by atoms with Gasteiger partial charge in [0.25, 0.3) is 0 Å². The molecule has 0 spiro atoms. The number of hydrogen-bond donors (Lipinski definition) is 1. The second-order valence-corrected chi connectivity index (χ2v) is 5.42. The first-order valence-corrected chi connectivity index (χ1v) is 7.12. The van der Waals surface area contributed by atoms with Crippen LogP contribution in [0.4, 0.5) is 4.79 Å². The van der Waals surface area contributed by atoms with E-state index in [1.54, 1.807) is 0 Å². The lowest BCUT2D eigenvalue weighted by molar-refractivity contribution is -0.129. The van der Waals surface area contributed by atoms with E-state index in [9.17, 15) is 9.59 Å². The molecule has 2 rings (SSSR count). The summed E-state index contributed by atoms with van der Waals surface area (Å²) in [4.78, 5) is 29.6. The Kier molecular flexibility index (Phi) is 4.63. The molecule has 0 saturated carbocycles. The lowest BCUT2D eigenvalue weighted by atomic mass is 10.2. The molecule has 2 aliphatic rings. The Labute approximate surface area is 114 Å². The minimum absolute atomic E-state index is 0.0175. The van der Waals surface area contributed by atoms with E-state index in [1.165, 1.54) is 0 Å². The zero-order valence-electron chi connectivity index (χ0n) is 11.9. The number of rotatable bonds is 2. The fourth-order valence-electron chi connectivity index (χ4n) is 2.60. The van der Waals surface area contributed by atoms with Crippen molar-refractivity contribution < 1.29 is 9.59 Å². The standard InChI is InChI=1S/C13H24N4O2/c1-3-12(18)17-5-4-11(10-17)14-13(19)16-8-6-15(2)7-9-16/h11H,3-10H2,1-2H3,(H,14,19). The molecule has 2 heterocycles. The number of urea groups is 1. The Balaban J connectivity index is 1.76. The smallest absolute Gasteiger partial charge is 0.317 e. The van der Waals surface area contributed by atoms with Crippen molar-refractivity contribution in [1.82, 2.24) is 20.0 Å². The van der Waals surface area contributed by atoms with Gasteiger partial charge in [-0.1, -0.05) is 6.92 Å². The third-order valence-corrected chi connectivity index (χ3v) is 3.96. The fourth-order valence-corrected chi connectivity index (χ4v) is 2.60. The molecule has 0 aromatic rings. The molecule has 0 aromatic heterocycles. The Hall–Kier alpha value is -1.30. The lowest BCUT2D eigenvalue weighted by Gasteiger charge is -2.33. The van der Waals surface area contributed by atoms with E-state index in [-0.39, 0.29) is 18.0 Å². The van der Waals surface area contributed by atoms with Crippen LogP contribution in [0.2, 0.25) is 0 Å². The molecule has 0 aliphatic carbocycles. The first-order chi connectivity index (χ1) is 9.10. The van der Waals surface area contributed by atoms with E-state index in [1.807, 2.05) is 16.7 Å². The third-order valence-electron chi connectivity index (χ3n) is 3.96. The second kappa shape index (κ2) is 6.23. The molecule has 1 atom stereocenters. The number of carbonyl (C=O) groups excluding carboxylic acids is 2. The maximum absolute atomic E-state index is 12.1. The Morgan fingerprint density at radius 2 is 1.79 bits per heavy atom. The van der Waals surface area contributed by atoms with Crippen LogP contribution in [-0.4, -0.2) is 79.0 Å². The van der Waals surface area contributed by atoms with Gasteiger partial charge in [0, 0.05) is 51.7 Å². The molecule has 1 unspecified atom stereocenters. The Morgan fingerprint density at radius 1 is 1.11 bits per heavy atom. The van der Waals surface area contributed by atoms with Crippen molar-refractivity contribution in [1.29, 1.82) is 0 Å². The SMILES string of the molecule is CCC(=O)N1CCC(NC(=O)N2CCN(C)CC2)C1. The summed E-state index contributed by atoms with van der Waals surface area (Å²) in [6.45, 7) is 6.72. The van der Waals surface area contributed by atoms with E-state index in [0.29, 0.717) is 13.0 Å². The molecule has 0 radical (unpaired) electrons. The summed E-state index contributed by atoms with van der Waals surface area (Å²) in [5, 5.41) is 3.05. The number of piperazine rings is 1. The third kappa shape index (κ3) is 3.59. The zero-order chi connectivity index (χ0) is 13.8. The van der Waals surface area contributed by atoms with Crippen LogP contribution in [0, 0.1) is 0 Å². The van der Waals surface area contributed by atoms with E-state index >= 15 is 0 Å². The highest BCUT2D eigenvalue weighted by molar-refractivity contribution is 5.77. The van der Waals surface area contributed by atoms with Crippen molar-refractivity contribution in [3.05, 3.63) is 0 Å². The van der Waals surface area contributed by atoms with Gasteiger partial charge in [-0.25, -0.2) is 4.79 Å². The minimum Gasteiger partial charge on any atom is -0.341 e. The van der Waals surface area contributed by atoms with Crippen LogP contribution in [0.1, 0.15) is 19.8 Å². The van der Waals surface area contributed by atoms with Gasteiger partial charge in [-0.3, -0.25) is 4.79 Å². The molecule has 1 N–H and O–H groups in total. The largest absolute Gasteiger partial charge is 0.341 e. The van der Waals surface area contributed by atoms with Gasteiger partial charge in [-0.15, -0.1) is 0 Å². The summed E-state index contributed by atoms with van der Waals surface area (Å²) in [6.07, 6.45) is 1.41. The van der Waals surface area contributed by atoms with Crippen LogP contribution < -0.4 is 5.32 Å². The lowest BCUT2D eigenvalue weighted by Crippen LogP contribution is -2.53. The maximum atomic E-state index is 12.1. The van der Waals surface area contributed by atoms with Crippen LogP contribution in [0.25, 0.3) is 0 Å². The molecule has 0 bridgehead atoms. The molecule has 108 valence electrons. The Morgan fingerprint density at radius 3 is 2.42 bits per heavy atom. The van der Waals surface area contributed by atoms with Crippen LogP contribution in [-0.2, 0) is 4.79 Å². The molecule has 6 nitrogen and oxygen atoms in total. The summed E-state index contributed by atoms with van der Waals surface area (Å²) in [7, 11) is 2.07. The van der Waals surface area contributed by atoms with Gasteiger partial charge in [0.2, 0.25) is 5.91 Å². The molecular formula is C13H24N4O2. The molecule has 0 aromatic carbocycles. The van der Waals surface area contributed by atoms with Gasteiger partial charge in [0.05, 0.1) is 0 Å². The molecular weight excluding hydrogens is 244 g/mol. The van der Waals surface area contributed by atoms with Gasteiger partial charge in [-0.05, 0) is 13.5 Å². The predicted molar refractivity (Wildman–Crippen MR) is 72.9 cm³/mol. The maximum Gasteiger partial charge on any atom is 0.317 e. The number of hydrogen-bond acceptors (Lipinski definition) is 3. The summed E-state index contributed by atoms with van der Waals surface area (Å²) in [6, 6.07) is 0.131. The summed E-state index contributed by atoms with van der Waals surface area (Å²) in [5.74, 6) is 0.177. The highest BCUT2D eigenvalue weighted by Gasteiger charge is 2.28. The minimum atomic E-state index is 0.0175. The Bertz CT molecular complexity index is 340. The van der Waals surface area contributed by atoms with Crippen LogP contribution in [0.5, 0.6) is 0 Å². The topological polar surface area (TPSA) is 55.9 Å². The van der Waals surface area contributed by atoms with Crippen molar-refractivity contribution in [2.75, 3.05) is 46.3 Å². The van der Waals surface area contributed by atoms with E-state index < -0.39 is 0 Å². The normalized spacial score (nSPS) is 24.6. The first-order valence-electron chi connectivity index (χ1n) is 7.12. The summed E-state index contributed by atoms with van der Waals surface area (Å²) >= 11 is 0. The average molecular weight is 268 g/mol.